The number of hydrogen-bond acceptors (Lipinski definition) is 1. The van der Waals surface area contributed by atoms with Crippen molar-refractivity contribution < 1.29 is 13.2 Å². The van der Waals surface area contributed by atoms with Crippen LogP contribution in [0.3, 0.4) is 0 Å². The van der Waals surface area contributed by atoms with Gasteiger partial charge in [0, 0.05) is 12.1 Å². The van der Waals surface area contributed by atoms with Gasteiger partial charge in [-0.25, -0.2) is 0 Å². The van der Waals surface area contributed by atoms with Gasteiger partial charge in [-0.05, 0) is 31.9 Å². The highest BCUT2D eigenvalue weighted by Gasteiger charge is 2.34. The lowest BCUT2D eigenvalue weighted by atomic mass is 10.00. The first kappa shape index (κ1) is 14.8. The van der Waals surface area contributed by atoms with E-state index in [-0.39, 0.29) is 17.6 Å². The molecule has 0 aliphatic carbocycles. The molecule has 4 heteroatoms. The Balaban J connectivity index is 2.92. The fourth-order valence-electron chi connectivity index (χ4n) is 1.97. The highest BCUT2D eigenvalue weighted by atomic mass is 19.4. The minimum atomic E-state index is -4.31. The van der Waals surface area contributed by atoms with E-state index in [0.29, 0.717) is 0 Å². The first-order chi connectivity index (χ1) is 8.36. The lowest BCUT2D eigenvalue weighted by Gasteiger charge is -2.22. The molecule has 1 nitrogen and oxygen atoms in total. The largest absolute Gasteiger partial charge is 0.416 e. The lowest BCUT2D eigenvalue weighted by molar-refractivity contribution is -0.138. The van der Waals surface area contributed by atoms with Crippen molar-refractivity contribution in [1.82, 2.24) is 5.32 Å². The SMILES string of the molecule is C=CCC(C)NC(C)c1ccccc1C(F)(F)F. The molecule has 100 valence electrons. The summed E-state index contributed by atoms with van der Waals surface area (Å²) in [6.45, 7) is 7.28. The van der Waals surface area contributed by atoms with Crippen molar-refractivity contribution in [2.45, 2.75) is 38.5 Å². The zero-order chi connectivity index (χ0) is 13.8. The molecule has 2 unspecified atom stereocenters. The average molecular weight is 257 g/mol. The summed E-state index contributed by atoms with van der Waals surface area (Å²) in [6.07, 6.45) is -1.84. The molecule has 2 atom stereocenters. The number of benzene rings is 1. The Morgan fingerprint density at radius 1 is 1.28 bits per heavy atom. The molecule has 0 fully saturated rings. The Bertz CT molecular complexity index is 398. The zero-order valence-electron chi connectivity index (χ0n) is 10.6. The van der Waals surface area contributed by atoms with Gasteiger partial charge in [0.25, 0.3) is 0 Å². The van der Waals surface area contributed by atoms with E-state index >= 15 is 0 Å². The van der Waals surface area contributed by atoms with Gasteiger partial charge in [-0.15, -0.1) is 6.58 Å². The molecule has 0 amide bonds. The van der Waals surface area contributed by atoms with Crippen LogP contribution in [0.4, 0.5) is 13.2 Å². The summed E-state index contributed by atoms with van der Waals surface area (Å²) in [4.78, 5) is 0. The number of alkyl halides is 3. The van der Waals surface area contributed by atoms with Crippen LogP contribution >= 0.6 is 0 Å². The molecular weight excluding hydrogens is 239 g/mol. The van der Waals surface area contributed by atoms with Gasteiger partial charge < -0.3 is 5.32 Å². The second kappa shape index (κ2) is 6.05. The maximum absolute atomic E-state index is 12.9. The van der Waals surface area contributed by atoms with E-state index in [0.717, 1.165) is 12.5 Å². The Hall–Kier alpha value is -1.29. The Morgan fingerprint density at radius 2 is 1.89 bits per heavy atom. The third-order valence-corrected chi connectivity index (χ3v) is 2.79. The number of nitrogens with one attached hydrogen (secondary N) is 1. The first-order valence-electron chi connectivity index (χ1n) is 5.89. The standard InChI is InChI=1S/C14H18F3N/c1-4-7-10(2)18-11(3)12-8-5-6-9-13(12)14(15,16)17/h4-6,8-11,18H,1,7H2,2-3H3. The van der Waals surface area contributed by atoms with Crippen LogP contribution in [0, 0.1) is 0 Å². The maximum atomic E-state index is 12.9. The van der Waals surface area contributed by atoms with Crippen molar-refractivity contribution >= 4 is 0 Å². The minimum absolute atomic E-state index is 0.0961. The van der Waals surface area contributed by atoms with Crippen molar-refractivity contribution in [2.75, 3.05) is 0 Å². The lowest BCUT2D eigenvalue weighted by Crippen LogP contribution is -2.29. The molecule has 0 heterocycles. The molecule has 0 saturated carbocycles. The third-order valence-electron chi connectivity index (χ3n) is 2.79. The molecule has 0 bridgehead atoms. The second-order valence-electron chi connectivity index (χ2n) is 4.40. The van der Waals surface area contributed by atoms with Crippen molar-refractivity contribution in [3.05, 3.63) is 48.0 Å². The van der Waals surface area contributed by atoms with Crippen molar-refractivity contribution in [3.8, 4) is 0 Å². The highest BCUT2D eigenvalue weighted by Crippen LogP contribution is 2.34. The molecule has 0 aromatic heterocycles. The van der Waals surface area contributed by atoms with E-state index in [2.05, 4.69) is 11.9 Å². The Kier molecular flexibility index (Phi) is 4.96. The number of hydrogen-bond donors (Lipinski definition) is 1. The molecule has 0 aliphatic heterocycles. The molecule has 0 radical (unpaired) electrons. The molecule has 1 aromatic rings. The third kappa shape index (κ3) is 3.88. The van der Waals surface area contributed by atoms with Gasteiger partial charge in [-0.2, -0.15) is 13.2 Å². The number of rotatable bonds is 5. The summed E-state index contributed by atoms with van der Waals surface area (Å²) in [7, 11) is 0. The monoisotopic (exact) mass is 257 g/mol. The topological polar surface area (TPSA) is 12.0 Å². The van der Waals surface area contributed by atoms with E-state index < -0.39 is 11.7 Å². The molecule has 0 spiro atoms. The molecular formula is C14H18F3N. The molecule has 0 aliphatic rings. The van der Waals surface area contributed by atoms with E-state index in [1.807, 2.05) is 6.92 Å². The smallest absolute Gasteiger partial charge is 0.307 e. The quantitative estimate of drug-likeness (QED) is 0.774. The fourth-order valence-corrected chi connectivity index (χ4v) is 1.97. The zero-order valence-corrected chi connectivity index (χ0v) is 10.6. The van der Waals surface area contributed by atoms with Gasteiger partial charge in [-0.3, -0.25) is 0 Å². The van der Waals surface area contributed by atoms with E-state index in [1.165, 1.54) is 12.1 Å². The summed E-state index contributed by atoms with van der Waals surface area (Å²) < 4.78 is 38.6. The van der Waals surface area contributed by atoms with Crippen LogP contribution in [0.1, 0.15) is 37.4 Å². The van der Waals surface area contributed by atoms with Crippen molar-refractivity contribution in [3.63, 3.8) is 0 Å². The molecule has 1 N–H and O–H groups in total. The highest BCUT2D eigenvalue weighted by molar-refractivity contribution is 5.32. The van der Waals surface area contributed by atoms with E-state index in [1.54, 1.807) is 19.1 Å². The first-order valence-corrected chi connectivity index (χ1v) is 5.89. The van der Waals surface area contributed by atoms with Gasteiger partial charge in [0.05, 0.1) is 5.56 Å². The Morgan fingerprint density at radius 3 is 2.44 bits per heavy atom. The van der Waals surface area contributed by atoms with Crippen molar-refractivity contribution in [2.24, 2.45) is 0 Å². The van der Waals surface area contributed by atoms with Crippen LogP contribution < -0.4 is 5.32 Å². The van der Waals surface area contributed by atoms with E-state index in [4.69, 9.17) is 0 Å². The van der Waals surface area contributed by atoms with Crippen LogP contribution in [-0.2, 0) is 6.18 Å². The summed E-state index contributed by atoms with van der Waals surface area (Å²) in [5.41, 5.74) is -0.295. The van der Waals surface area contributed by atoms with Gasteiger partial charge in [-0.1, -0.05) is 24.3 Å². The molecule has 18 heavy (non-hydrogen) atoms. The maximum Gasteiger partial charge on any atom is 0.416 e. The summed E-state index contributed by atoms with van der Waals surface area (Å²) in [5.74, 6) is 0. The van der Waals surface area contributed by atoms with Crippen LogP contribution in [0.5, 0.6) is 0 Å². The fraction of sp³-hybridized carbons (Fsp3) is 0.429. The normalized spacial score (nSPS) is 15.2. The van der Waals surface area contributed by atoms with Gasteiger partial charge in [0.1, 0.15) is 0 Å². The molecule has 0 saturated heterocycles. The molecule has 1 aromatic carbocycles. The van der Waals surface area contributed by atoms with Crippen LogP contribution in [-0.4, -0.2) is 6.04 Å². The second-order valence-corrected chi connectivity index (χ2v) is 4.40. The predicted octanol–water partition coefficient (Wildman–Crippen LogP) is 4.32. The number of halogens is 3. The van der Waals surface area contributed by atoms with E-state index in [9.17, 15) is 13.2 Å². The minimum Gasteiger partial charge on any atom is -0.307 e. The summed E-state index contributed by atoms with van der Waals surface area (Å²) in [6, 6.07) is 5.41. The van der Waals surface area contributed by atoms with Crippen LogP contribution in [0.15, 0.2) is 36.9 Å². The van der Waals surface area contributed by atoms with Gasteiger partial charge >= 0.3 is 6.18 Å². The summed E-state index contributed by atoms with van der Waals surface area (Å²) in [5, 5.41) is 3.14. The predicted molar refractivity (Wildman–Crippen MR) is 67.3 cm³/mol. The van der Waals surface area contributed by atoms with Crippen LogP contribution in [0.25, 0.3) is 0 Å². The van der Waals surface area contributed by atoms with Gasteiger partial charge in [0.15, 0.2) is 0 Å². The summed E-state index contributed by atoms with van der Waals surface area (Å²) >= 11 is 0. The van der Waals surface area contributed by atoms with Crippen molar-refractivity contribution in [1.29, 1.82) is 0 Å². The Labute approximate surface area is 106 Å². The molecule has 1 rings (SSSR count). The average Bonchev–Trinajstić information content (AvgIpc) is 2.28. The van der Waals surface area contributed by atoms with Gasteiger partial charge in [0.2, 0.25) is 0 Å². The van der Waals surface area contributed by atoms with Crippen LogP contribution in [0.2, 0.25) is 0 Å².